The molecule has 0 saturated heterocycles. The Balaban J connectivity index is 2.05. The number of terminal acetylenes is 1. The van der Waals surface area contributed by atoms with Gasteiger partial charge in [-0.25, -0.2) is 4.79 Å². The molecule has 1 aromatic rings. The van der Waals surface area contributed by atoms with Crippen molar-refractivity contribution in [3.63, 3.8) is 0 Å². The molecule has 4 nitrogen and oxygen atoms in total. The van der Waals surface area contributed by atoms with Crippen LogP contribution in [0.5, 0.6) is 5.75 Å². The molecule has 0 atom stereocenters. The van der Waals surface area contributed by atoms with Crippen molar-refractivity contribution in [3.05, 3.63) is 23.8 Å². The highest BCUT2D eigenvalue weighted by Crippen LogP contribution is 2.36. The number of nitrogens with one attached hydrogen (secondary N) is 2. The van der Waals surface area contributed by atoms with Crippen molar-refractivity contribution in [2.24, 2.45) is 0 Å². The second kappa shape index (κ2) is 4.61. The molecule has 1 heterocycles. The van der Waals surface area contributed by atoms with Gasteiger partial charge in [0.25, 0.3) is 0 Å². The van der Waals surface area contributed by atoms with E-state index in [9.17, 15) is 4.79 Å². The summed E-state index contributed by atoms with van der Waals surface area (Å²) < 4.78 is 5.76. The maximum Gasteiger partial charge on any atom is 0.319 e. The fourth-order valence-corrected chi connectivity index (χ4v) is 1.99. The van der Waals surface area contributed by atoms with Gasteiger partial charge in [-0.15, -0.1) is 6.42 Å². The average molecular weight is 244 g/mol. The minimum Gasteiger partial charge on any atom is -0.487 e. The van der Waals surface area contributed by atoms with E-state index in [-0.39, 0.29) is 18.2 Å². The number of anilines is 1. The third-order valence-electron chi connectivity index (χ3n) is 2.67. The number of carbonyl (C=O) groups is 1. The van der Waals surface area contributed by atoms with Crippen molar-refractivity contribution in [3.8, 4) is 18.1 Å². The zero-order valence-electron chi connectivity index (χ0n) is 10.5. The van der Waals surface area contributed by atoms with Gasteiger partial charge in [0.2, 0.25) is 0 Å². The van der Waals surface area contributed by atoms with Crippen LogP contribution >= 0.6 is 0 Å². The van der Waals surface area contributed by atoms with Crippen molar-refractivity contribution >= 4 is 11.7 Å². The third-order valence-corrected chi connectivity index (χ3v) is 2.67. The summed E-state index contributed by atoms with van der Waals surface area (Å²) in [6.45, 7) is 4.30. The van der Waals surface area contributed by atoms with Crippen LogP contribution in [0.4, 0.5) is 10.5 Å². The van der Waals surface area contributed by atoms with E-state index >= 15 is 0 Å². The molecule has 2 amide bonds. The summed E-state index contributed by atoms with van der Waals surface area (Å²) >= 11 is 0. The summed E-state index contributed by atoms with van der Waals surface area (Å²) in [5, 5.41) is 5.28. The van der Waals surface area contributed by atoms with E-state index in [1.54, 1.807) is 0 Å². The zero-order chi connectivity index (χ0) is 13.2. The van der Waals surface area contributed by atoms with E-state index < -0.39 is 0 Å². The SMILES string of the molecule is C#CCNC(=O)Nc1ccc2c(c1)CC(C)(C)O2. The topological polar surface area (TPSA) is 50.4 Å². The molecule has 0 bridgehead atoms. The van der Waals surface area contributed by atoms with Gasteiger partial charge in [-0.05, 0) is 32.0 Å². The molecule has 0 spiro atoms. The van der Waals surface area contributed by atoms with Crippen LogP contribution in [-0.2, 0) is 6.42 Å². The lowest BCUT2D eigenvalue weighted by atomic mass is 10.0. The summed E-state index contributed by atoms with van der Waals surface area (Å²) in [6, 6.07) is 5.32. The predicted octanol–water partition coefficient (Wildman–Crippen LogP) is 2.15. The van der Waals surface area contributed by atoms with Gasteiger partial charge in [-0.2, -0.15) is 0 Å². The lowest BCUT2D eigenvalue weighted by Gasteiger charge is -2.16. The lowest BCUT2D eigenvalue weighted by molar-refractivity contribution is 0.138. The Morgan fingerprint density at radius 3 is 3.06 bits per heavy atom. The normalized spacial score (nSPS) is 15.2. The number of rotatable bonds is 2. The summed E-state index contributed by atoms with van der Waals surface area (Å²) in [5.41, 5.74) is 1.67. The number of hydrogen-bond acceptors (Lipinski definition) is 2. The van der Waals surface area contributed by atoms with Gasteiger partial charge in [-0.1, -0.05) is 5.92 Å². The van der Waals surface area contributed by atoms with Gasteiger partial charge in [0.1, 0.15) is 11.4 Å². The van der Waals surface area contributed by atoms with Crippen LogP contribution in [-0.4, -0.2) is 18.2 Å². The van der Waals surface area contributed by atoms with Crippen molar-refractivity contribution in [1.82, 2.24) is 5.32 Å². The molecule has 1 aliphatic rings. The van der Waals surface area contributed by atoms with Gasteiger partial charge in [0, 0.05) is 17.7 Å². The number of carbonyl (C=O) groups excluding carboxylic acids is 1. The Morgan fingerprint density at radius 2 is 2.33 bits per heavy atom. The molecule has 0 fully saturated rings. The number of amides is 2. The molecule has 0 saturated carbocycles. The molecule has 0 unspecified atom stereocenters. The first-order valence-corrected chi connectivity index (χ1v) is 5.80. The first kappa shape index (κ1) is 12.3. The van der Waals surface area contributed by atoms with Gasteiger partial charge < -0.3 is 15.4 Å². The average Bonchev–Trinajstić information content (AvgIpc) is 2.59. The van der Waals surface area contributed by atoms with Crippen LogP contribution in [0.3, 0.4) is 0 Å². The number of ether oxygens (including phenoxy) is 1. The molecule has 0 aromatic heterocycles. The number of benzene rings is 1. The van der Waals surface area contributed by atoms with E-state index in [0.717, 1.165) is 23.4 Å². The quantitative estimate of drug-likeness (QED) is 0.783. The van der Waals surface area contributed by atoms with Gasteiger partial charge in [0.05, 0.1) is 6.54 Å². The van der Waals surface area contributed by atoms with Crippen LogP contribution in [0.2, 0.25) is 0 Å². The number of fused-ring (bicyclic) bond motifs is 1. The van der Waals surface area contributed by atoms with Crippen LogP contribution in [0.15, 0.2) is 18.2 Å². The van der Waals surface area contributed by atoms with Crippen molar-refractivity contribution in [2.75, 3.05) is 11.9 Å². The highest BCUT2D eigenvalue weighted by Gasteiger charge is 2.29. The van der Waals surface area contributed by atoms with Crippen LogP contribution < -0.4 is 15.4 Å². The molecule has 0 radical (unpaired) electrons. The molecule has 4 heteroatoms. The van der Waals surface area contributed by atoms with E-state index in [4.69, 9.17) is 11.2 Å². The summed E-state index contributed by atoms with van der Waals surface area (Å²) in [6.07, 6.45) is 5.90. The first-order chi connectivity index (χ1) is 8.50. The van der Waals surface area contributed by atoms with Gasteiger partial charge >= 0.3 is 6.03 Å². The van der Waals surface area contributed by atoms with Crippen LogP contribution in [0, 0.1) is 12.3 Å². The molecule has 1 aromatic carbocycles. The van der Waals surface area contributed by atoms with E-state index in [1.165, 1.54) is 0 Å². The second-order valence-electron chi connectivity index (χ2n) is 4.87. The Kier molecular flexibility index (Phi) is 3.15. The minimum absolute atomic E-state index is 0.174. The van der Waals surface area contributed by atoms with Crippen molar-refractivity contribution < 1.29 is 9.53 Å². The van der Waals surface area contributed by atoms with Crippen LogP contribution in [0.1, 0.15) is 19.4 Å². The zero-order valence-corrected chi connectivity index (χ0v) is 10.5. The lowest BCUT2D eigenvalue weighted by Crippen LogP contribution is -2.28. The maximum absolute atomic E-state index is 11.4. The molecular weight excluding hydrogens is 228 g/mol. The smallest absolute Gasteiger partial charge is 0.319 e. The molecule has 2 N–H and O–H groups in total. The number of hydrogen-bond donors (Lipinski definition) is 2. The summed E-state index contributed by atoms with van der Waals surface area (Å²) in [4.78, 5) is 11.4. The highest BCUT2D eigenvalue weighted by molar-refractivity contribution is 5.89. The Labute approximate surface area is 107 Å². The Morgan fingerprint density at radius 1 is 1.56 bits per heavy atom. The maximum atomic E-state index is 11.4. The van der Waals surface area contributed by atoms with Crippen molar-refractivity contribution in [1.29, 1.82) is 0 Å². The molecule has 2 rings (SSSR count). The van der Waals surface area contributed by atoms with E-state index in [1.807, 2.05) is 32.0 Å². The molecule has 0 aliphatic carbocycles. The van der Waals surface area contributed by atoms with Crippen molar-refractivity contribution in [2.45, 2.75) is 25.9 Å². The highest BCUT2D eigenvalue weighted by atomic mass is 16.5. The first-order valence-electron chi connectivity index (χ1n) is 5.80. The monoisotopic (exact) mass is 244 g/mol. The molecule has 1 aliphatic heterocycles. The van der Waals surface area contributed by atoms with Crippen LogP contribution in [0.25, 0.3) is 0 Å². The Hall–Kier alpha value is -2.15. The van der Waals surface area contributed by atoms with E-state index in [0.29, 0.717) is 0 Å². The molecule has 94 valence electrons. The molecule has 18 heavy (non-hydrogen) atoms. The van der Waals surface area contributed by atoms with Gasteiger partial charge in [-0.3, -0.25) is 0 Å². The predicted molar refractivity (Wildman–Crippen MR) is 70.7 cm³/mol. The minimum atomic E-state index is -0.300. The second-order valence-corrected chi connectivity index (χ2v) is 4.87. The molecular formula is C14H16N2O2. The Bertz CT molecular complexity index is 515. The fraction of sp³-hybridized carbons (Fsp3) is 0.357. The standard InChI is InChI=1S/C14H16N2O2/c1-4-7-15-13(17)16-11-5-6-12-10(8-11)9-14(2,3)18-12/h1,5-6,8H,7,9H2,2-3H3,(H2,15,16,17). The largest absolute Gasteiger partial charge is 0.487 e. The van der Waals surface area contributed by atoms with Gasteiger partial charge in [0.15, 0.2) is 0 Å². The fourth-order valence-electron chi connectivity index (χ4n) is 1.99. The summed E-state index contributed by atoms with van der Waals surface area (Å²) in [5.74, 6) is 3.23. The number of urea groups is 1. The summed E-state index contributed by atoms with van der Waals surface area (Å²) in [7, 11) is 0. The van der Waals surface area contributed by atoms with E-state index in [2.05, 4.69) is 16.6 Å². The third kappa shape index (κ3) is 2.75.